The van der Waals surface area contributed by atoms with Crippen molar-refractivity contribution in [3.63, 3.8) is 0 Å². The van der Waals surface area contributed by atoms with Crippen LogP contribution in [-0.4, -0.2) is 14.5 Å². The quantitative estimate of drug-likeness (QED) is 0.504. The van der Waals surface area contributed by atoms with Crippen LogP contribution in [0.25, 0.3) is 11.0 Å². The maximum atomic E-state index is 13.2. The van der Waals surface area contributed by atoms with Crippen LogP contribution in [0.15, 0.2) is 6.20 Å². The second kappa shape index (κ2) is 2.82. The van der Waals surface area contributed by atoms with Crippen LogP contribution in [0, 0.1) is 5.82 Å². The van der Waals surface area contributed by atoms with Crippen molar-refractivity contribution in [2.75, 3.05) is 0 Å². The van der Waals surface area contributed by atoms with Gasteiger partial charge >= 0.3 is 0 Å². The number of fused-ring (bicyclic) bond motifs is 1. The van der Waals surface area contributed by atoms with E-state index in [9.17, 15) is 4.39 Å². The molecule has 0 aliphatic heterocycles. The fraction of sp³-hybridized carbons (Fsp3) is 0.143. The summed E-state index contributed by atoms with van der Waals surface area (Å²) >= 11 is 11.3. The Bertz CT molecular complexity index is 480. The topological polar surface area (TPSA) is 30.7 Å². The van der Waals surface area contributed by atoms with E-state index in [1.165, 1.54) is 10.8 Å². The minimum Gasteiger partial charge on any atom is -0.332 e. The van der Waals surface area contributed by atoms with Gasteiger partial charge in [-0.05, 0) is 11.6 Å². The van der Waals surface area contributed by atoms with Gasteiger partial charge in [-0.15, -0.1) is 0 Å². The van der Waals surface area contributed by atoms with Crippen molar-refractivity contribution in [2.24, 2.45) is 7.05 Å². The number of aryl methyl sites for hydroxylation is 1. The molecule has 0 aromatic carbocycles. The van der Waals surface area contributed by atoms with Gasteiger partial charge in [0, 0.05) is 13.2 Å². The molecular weight excluding hydrogens is 216 g/mol. The summed E-state index contributed by atoms with van der Waals surface area (Å²) < 4.78 is 14.7. The van der Waals surface area contributed by atoms with Gasteiger partial charge in [0.2, 0.25) is 5.28 Å². The van der Waals surface area contributed by atoms with Gasteiger partial charge in [-0.1, -0.05) is 11.6 Å². The van der Waals surface area contributed by atoms with Crippen LogP contribution in [0.2, 0.25) is 10.4 Å². The monoisotopic (exact) mass is 219 g/mol. The molecule has 13 heavy (non-hydrogen) atoms. The molecule has 2 rings (SSSR count). The molecule has 6 heteroatoms. The lowest BCUT2D eigenvalue weighted by Crippen LogP contribution is -1.90. The molecule has 68 valence electrons. The Morgan fingerprint density at radius 1 is 1.38 bits per heavy atom. The van der Waals surface area contributed by atoms with Crippen molar-refractivity contribution in [2.45, 2.75) is 0 Å². The molecule has 2 heterocycles. The number of aromatic nitrogens is 3. The van der Waals surface area contributed by atoms with E-state index in [1.54, 1.807) is 7.05 Å². The van der Waals surface area contributed by atoms with E-state index in [1.807, 2.05) is 0 Å². The maximum absolute atomic E-state index is 13.2. The van der Waals surface area contributed by atoms with Gasteiger partial charge in [-0.3, -0.25) is 0 Å². The van der Waals surface area contributed by atoms with E-state index in [0.29, 0.717) is 5.65 Å². The molecule has 2 aromatic rings. The number of rotatable bonds is 0. The Morgan fingerprint density at radius 3 is 2.77 bits per heavy atom. The first kappa shape index (κ1) is 8.72. The molecule has 0 spiro atoms. The highest BCUT2D eigenvalue weighted by Gasteiger charge is 2.13. The smallest absolute Gasteiger partial charge is 0.225 e. The third-order valence-corrected chi connectivity index (χ3v) is 2.14. The zero-order valence-corrected chi connectivity index (χ0v) is 8.06. The average molecular weight is 220 g/mol. The molecule has 0 N–H and O–H groups in total. The Labute approximate surface area is 83.1 Å². The lowest BCUT2D eigenvalue weighted by atomic mass is 10.4. The predicted octanol–water partition coefficient (Wildman–Crippen LogP) is 2.41. The van der Waals surface area contributed by atoms with Gasteiger partial charge in [0.15, 0.2) is 5.82 Å². The van der Waals surface area contributed by atoms with Gasteiger partial charge < -0.3 is 4.57 Å². The molecule has 0 amide bonds. The Balaban J connectivity index is 2.97. The van der Waals surface area contributed by atoms with E-state index in [0.717, 1.165) is 0 Å². The lowest BCUT2D eigenvalue weighted by Gasteiger charge is -1.96. The minimum atomic E-state index is -0.445. The van der Waals surface area contributed by atoms with Crippen molar-refractivity contribution in [1.29, 1.82) is 0 Å². The highest BCUT2D eigenvalue weighted by atomic mass is 35.5. The van der Waals surface area contributed by atoms with Crippen LogP contribution in [0.5, 0.6) is 0 Å². The summed E-state index contributed by atoms with van der Waals surface area (Å²) in [7, 11) is 1.66. The number of halogens is 3. The molecule has 3 nitrogen and oxygen atoms in total. The third-order valence-electron chi connectivity index (χ3n) is 1.70. The van der Waals surface area contributed by atoms with E-state index in [4.69, 9.17) is 23.2 Å². The van der Waals surface area contributed by atoms with E-state index in [2.05, 4.69) is 9.97 Å². The average Bonchev–Trinajstić information content (AvgIpc) is 2.27. The Morgan fingerprint density at radius 2 is 2.08 bits per heavy atom. The van der Waals surface area contributed by atoms with Gasteiger partial charge in [-0.2, -0.15) is 4.98 Å². The predicted molar refractivity (Wildman–Crippen MR) is 48.5 cm³/mol. The zero-order valence-electron chi connectivity index (χ0n) is 6.55. The lowest BCUT2D eigenvalue weighted by molar-refractivity contribution is 0.633. The molecular formula is C7H4Cl2FN3. The highest BCUT2D eigenvalue weighted by molar-refractivity contribution is 6.35. The minimum absolute atomic E-state index is 0.0127. The van der Waals surface area contributed by atoms with Crippen molar-refractivity contribution in [3.8, 4) is 0 Å². The Hall–Kier alpha value is -0.870. The van der Waals surface area contributed by atoms with Crippen molar-refractivity contribution < 1.29 is 4.39 Å². The van der Waals surface area contributed by atoms with Crippen LogP contribution in [0.3, 0.4) is 0 Å². The maximum Gasteiger partial charge on any atom is 0.225 e. The SMILES string of the molecule is Cn1cc(F)c2c(Cl)nc(Cl)nc21. The van der Waals surface area contributed by atoms with Crippen LogP contribution < -0.4 is 0 Å². The standard InChI is InChI=1S/C7H4Cl2FN3/c1-13-2-3(10)4-5(8)11-7(9)12-6(4)13/h2H,1H3. The van der Waals surface area contributed by atoms with E-state index < -0.39 is 5.82 Å². The first-order valence-electron chi connectivity index (χ1n) is 3.43. The van der Waals surface area contributed by atoms with Crippen LogP contribution in [0.1, 0.15) is 0 Å². The number of nitrogens with zero attached hydrogens (tertiary/aromatic N) is 3. The molecule has 2 aromatic heterocycles. The summed E-state index contributed by atoms with van der Waals surface area (Å²) in [6.45, 7) is 0. The summed E-state index contributed by atoms with van der Waals surface area (Å²) in [5, 5.41) is 0.250. The van der Waals surface area contributed by atoms with Crippen molar-refractivity contribution in [1.82, 2.24) is 14.5 Å². The second-order valence-electron chi connectivity index (χ2n) is 2.57. The van der Waals surface area contributed by atoms with Crippen molar-refractivity contribution >= 4 is 34.2 Å². The van der Waals surface area contributed by atoms with Gasteiger partial charge in [-0.25, -0.2) is 9.37 Å². The fourth-order valence-corrected chi connectivity index (χ4v) is 1.62. The zero-order chi connectivity index (χ0) is 9.59. The first-order valence-corrected chi connectivity index (χ1v) is 4.18. The van der Waals surface area contributed by atoms with E-state index in [-0.39, 0.29) is 15.8 Å². The molecule has 0 saturated heterocycles. The summed E-state index contributed by atoms with van der Waals surface area (Å²) in [6.07, 6.45) is 1.28. The fourth-order valence-electron chi connectivity index (χ4n) is 1.15. The summed E-state index contributed by atoms with van der Waals surface area (Å²) in [5.41, 5.74) is 0.391. The highest BCUT2D eigenvalue weighted by Crippen LogP contribution is 2.25. The first-order chi connectivity index (χ1) is 6.09. The van der Waals surface area contributed by atoms with Crippen LogP contribution >= 0.6 is 23.2 Å². The molecule has 0 aliphatic rings. The summed E-state index contributed by atoms with van der Waals surface area (Å²) in [5.74, 6) is -0.445. The summed E-state index contributed by atoms with van der Waals surface area (Å²) in [4.78, 5) is 7.49. The second-order valence-corrected chi connectivity index (χ2v) is 3.27. The molecule has 0 saturated carbocycles. The molecule has 0 aliphatic carbocycles. The van der Waals surface area contributed by atoms with Gasteiger partial charge in [0.1, 0.15) is 10.8 Å². The molecule has 0 fully saturated rings. The Kier molecular flexibility index (Phi) is 1.89. The molecule has 0 radical (unpaired) electrons. The molecule has 0 atom stereocenters. The largest absolute Gasteiger partial charge is 0.332 e. The van der Waals surface area contributed by atoms with Crippen LogP contribution in [0.4, 0.5) is 4.39 Å². The summed E-state index contributed by atoms with van der Waals surface area (Å²) in [6, 6.07) is 0. The van der Waals surface area contributed by atoms with Gasteiger partial charge in [0.05, 0.1) is 5.39 Å². The van der Waals surface area contributed by atoms with Crippen LogP contribution in [-0.2, 0) is 7.05 Å². The number of hydrogen-bond acceptors (Lipinski definition) is 2. The van der Waals surface area contributed by atoms with Crippen molar-refractivity contribution in [3.05, 3.63) is 22.5 Å². The third kappa shape index (κ3) is 1.26. The molecule has 0 unspecified atom stereocenters. The van der Waals surface area contributed by atoms with E-state index >= 15 is 0 Å². The normalized spacial score (nSPS) is 11.1. The van der Waals surface area contributed by atoms with Gasteiger partial charge in [0.25, 0.3) is 0 Å². The molecule has 0 bridgehead atoms. The number of hydrogen-bond donors (Lipinski definition) is 0.